The van der Waals surface area contributed by atoms with Crippen LogP contribution < -0.4 is 0 Å². The van der Waals surface area contributed by atoms with Gasteiger partial charge in [0.25, 0.3) is 0 Å². The van der Waals surface area contributed by atoms with Crippen molar-refractivity contribution in [1.29, 1.82) is 0 Å². The zero-order valence-corrected chi connectivity index (χ0v) is 33.0. The first-order valence-corrected chi connectivity index (χ1v) is 18.3. The third-order valence-corrected chi connectivity index (χ3v) is 11.0. The maximum Gasteiger partial charge on any atom is 0.162 e. The Hall–Kier alpha value is -3.11. The first kappa shape index (κ1) is 37.7. The maximum absolute atomic E-state index is 11.7. The van der Waals surface area contributed by atoms with Gasteiger partial charge in [0.2, 0.25) is 0 Å². The summed E-state index contributed by atoms with van der Waals surface area (Å²) in [7, 11) is 0. The minimum Gasteiger partial charge on any atom is -0.512 e. The van der Waals surface area contributed by atoms with Crippen LogP contribution in [0.25, 0.3) is 42.7 Å². The molecule has 0 saturated carbocycles. The second-order valence-electron chi connectivity index (χ2n) is 13.9. The molecule has 0 bridgehead atoms. The first-order valence-electron chi connectivity index (χ1n) is 17.5. The number of rotatable bonds is 10. The van der Waals surface area contributed by atoms with Crippen LogP contribution in [0.2, 0.25) is 0 Å². The number of benzene rings is 3. The Morgan fingerprint density at radius 2 is 1.60 bits per heavy atom. The number of nitrogens with zero attached hydrogens (tertiary/aromatic N) is 1. The summed E-state index contributed by atoms with van der Waals surface area (Å²) in [6.45, 7) is 17.3. The Bertz CT molecular complexity index is 1910. The van der Waals surface area contributed by atoms with Crippen LogP contribution in [0.4, 0.5) is 0 Å². The van der Waals surface area contributed by atoms with Gasteiger partial charge >= 0.3 is 0 Å². The van der Waals surface area contributed by atoms with Gasteiger partial charge in [-0.1, -0.05) is 97.4 Å². The molecule has 1 aliphatic carbocycles. The monoisotopic (exact) mass is 837 g/mol. The Morgan fingerprint density at radius 1 is 0.917 bits per heavy atom. The van der Waals surface area contributed by atoms with Crippen molar-refractivity contribution in [1.82, 2.24) is 4.98 Å². The molecule has 0 saturated heterocycles. The molecule has 3 aromatic carbocycles. The van der Waals surface area contributed by atoms with E-state index in [-0.39, 0.29) is 48.9 Å². The van der Waals surface area contributed by atoms with Crippen LogP contribution in [0.1, 0.15) is 97.8 Å². The quantitative estimate of drug-likeness (QED) is 0.0866. The SMILES string of the molecule is CC(C)Cc1ccc2nc(-c3[c-]ccc4c3C(C)(C)c3c-4sc4ccccc34)ccc2c1.CCC(CC)C(=O)/C=C(\O)C(CC)CC.[Ir]. The van der Waals surface area contributed by atoms with Crippen LogP contribution in [-0.4, -0.2) is 15.9 Å². The van der Waals surface area contributed by atoms with Crippen molar-refractivity contribution < 1.29 is 30.0 Å². The van der Waals surface area contributed by atoms with Crippen molar-refractivity contribution in [2.24, 2.45) is 17.8 Å². The first-order chi connectivity index (χ1) is 22.5. The third kappa shape index (κ3) is 7.54. The van der Waals surface area contributed by atoms with Gasteiger partial charge in [-0.2, -0.15) is 0 Å². The summed E-state index contributed by atoms with van der Waals surface area (Å²) in [5, 5.41) is 12.3. The van der Waals surface area contributed by atoms with Crippen molar-refractivity contribution >= 4 is 38.1 Å². The largest absolute Gasteiger partial charge is 0.512 e. The van der Waals surface area contributed by atoms with Gasteiger partial charge in [0.15, 0.2) is 5.78 Å². The molecule has 1 radical (unpaired) electrons. The minimum atomic E-state index is -0.0882. The average Bonchev–Trinajstić information content (AvgIpc) is 3.55. The molecule has 255 valence electrons. The number of ketones is 1. The number of carbonyl (C=O) groups excluding carboxylic acids is 1. The topological polar surface area (TPSA) is 50.2 Å². The van der Waals surface area contributed by atoms with E-state index in [4.69, 9.17) is 4.98 Å². The predicted octanol–water partition coefficient (Wildman–Crippen LogP) is 12.3. The molecule has 6 rings (SSSR count). The molecule has 5 heteroatoms. The summed E-state index contributed by atoms with van der Waals surface area (Å²) >= 11 is 1.91. The smallest absolute Gasteiger partial charge is 0.162 e. The van der Waals surface area contributed by atoms with Crippen molar-refractivity contribution in [3.63, 3.8) is 0 Å². The van der Waals surface area contributed by atoms with E-state index in [1.807, 2.05) is 39.0 Å². The second kappa shape index (κ2) is 16.1. The van der Waals surface area contributed by atoms with Gasteiger partial charge in [-0.25, -0.2) is 0 Å². The van der Waals surface area contributed by atoms with Gasteiger partial charge in [0.1, 0.15) is 0 Å². The number of pyridine rings is 1. The molecule has 0 unspecified atom stereocenters. The van der Waals surface area contributed by atoms with Crippen LogP contribution in [0, 0.1) is 23.8 Å². The van der Waals surface area contributed by atoms with Crippen molar-refractivity contribution in [3.05, 3.63) is 101 Å². The molecule has 0 spiro atoms. The average molecular weight is 837 g/mol. The summed E-state index contributed by atoms with van der Waals surface area (Å²) < 4.78 is 1.37. The molecule has 1 aliphatic rings. The molecule has 5 aromatic rings. The predicted molar refractivity (Wildman–Crippen MR) is 201 cm³/mol. The fourth-order valence-electron chi connectivity index (χ4n) is 7.21. The summed E-state index contributed by atoms with van der Waals surface area (Å²) in [4.78, 5) is 18.2. The molecule has 0 atom stereocenters. The molecule has 0 aliphatic heterocycles. The van der Waals surface area contributed by atoms with E-state index in [0.717, 1.165) is 48.9 Å². The third-order valence-electron chi connectivity index (χ3n) is 9.82. The second-order valence-corrected chi connectivity index (χ2v) is 14.9. The number of aromatic nitrogens is 1. The summed E-state index contributed by atoms with van der Waals surface area (Å²) in [6.07, 6.45) is 6.01. The van der Waals surface area contributed by atoms with Gasteiger partial charge in [-0.3, -0.25) is 9.78 Å². The maximum atomic E-state index is 11.7. The number of aliphatic hydroxyl groups excluding tert-OH is 1. The number of carbonyl (C=O) groups is 1. The standard InChI is InChI=1S/C30H26NS.C13H24O2.Ir/c1-18(2)16-19-12-14-24-20(17-19)13-15-25(31-24)21-9-7-10-23-27(21)30(3,4)28-22-8-5-6-11-26(22)32-29(23)28;1-5-10(6-2)12(14)9-13(15)11(7-3)8-4;/h5-8,10-15,17-18H,16H2,1-4H3;9-11,14H,5-8H2,1-4H3;/q-1;;/b;12-9-;. The molecular formula is C43H50IrNO2S-. The van der Waals surface area contributed by atoms with Gasteiger partial charge in [0.05, 0.1) is 11.3 Å². The minimum absolute atomic E-state index is 0. The van der Waals surface area contributed by atoms with E-state index < -0.39 is 0 Å². The number of hydrogen-bond donors (Lipinski definition) is 1. The zero-order valence-electron chi connectivity index (χ0n) is 29.7. The molecule has 0 fully saturated rings. The van der Waals surface area contributed by atoms with Crippen molar-refractivity contribution in [2.45, 2.75) is 92.9 Å². The van der Waals surface area contributed by atoms with E-state index in [1.54, 1.807) is 0 Å². The van der Waals surface area contributed by atoms with Crippen LogP contribution in [0.3, 0.4) is 0 Å². The molecule has 2 aromatic heterocycles. The van der Waals surface area contributed by atoms with Gasteiger partial charge in [-0.15, -0.1) is 40.7 Å². The number of hydrogen-bond acceptors (Lipinski definition) is 4. The van der Waals surface area contributed by atoms with Crippen molar-refractivity contribution in [2.75, 3.05) is 0 Å². The Balaban J connectivity index is 0.000000279. The van der Waals surface area contributed by atoms with E-state index in [1.165, 1.54) is 48.7 Å². The van der Waals surface area contributed by atoms with E-state index in [9.17, 15) is 9.90 Å². The fraction of sp³-hybridized carbons (Fsp3) is 0.395. The van der Waals surface area contributed by atoms with E-state index in [2.05, 4.69) is 100 Å². The molecular weight excluding hydrogens is 787 g/mol. The number of fused-ring (bicyclic) bond motifs is 6. The van der Waals surface area contributed by atoms with E-state index >= 15 is 0 Å². The molecule has 48 heavy (non-hydrogen) atoms. The summed E-state index contributed by atoms with van der Waals surface area (Å²) in [5.41, 5.74) is 8.64. The number of thiophene rings is 1. The zero-order chi connectivity index (χ0) is 33.9. The van der Waals surface area contributed by atoms with Crippen LogP contribution in [0.15, 0.2) is 78.6 Å². The van der Waals surface area contributed by atoms with Crippen LogP contribution in [0.5, 0.6) is 0 Å². The van der Waals surface area contributed by atoms with Gasteiger partial charge < -0.3 is 5.11 Å². The van der Waals surface area contributed by atoms with Crippen molar-refractivity contribution in [3.8, 4) is 21.7 Å². The van der Waals surface area contributed by atoms with E-state index in [0.29, 0.717) is 5.92 Å². The summed E-state index contributed by atoms with van der Waals surface area (Å²) in [6, 6.07) is 27.8. The molecule has 1 N–H and O–H groups in total. The Labute approximate surface area is 305 Å². The number of allylic oxidation sites excluding steroid dienone is 2. The van der Waals surface area contributed by atoms with Gasteiger partial charge in [0, 0.05) is 47.6 Å². The van der Waals surface area contributed by atoms with Gasteiger partial charge in [-0.05, 0) is 89.2 Å². The van der Waals surface area contributed by atoms with Crippen LogP contribution in [-0.2, 0) is 36.7 Å². The van der Waals surface area contributed by atoms with Crippen LogP contribution >= 0.6 is 11.3 Å². The molecule has 2 heterocycles. The molecule has 3 nitrogen and oxygen atoms in total. The fourth-order valence-corrected chi connectivity index (χ4v) is 8.61. The number of aliphatic hydroxyl groups is 1. The Morgan fingerprint density at radius 3 is 2.27 bits per heavy atom. The Kier molecular flexibility index (Phi) is 12.6. The molecule has 0 amide bonds. The summed E-state index contributed by atoms with van der Waals surface area (Å²) in [5.74, 6) is 1.20. The normalized spacial score (nSPS) is 13.4.